The van der Waals surface area contributed by atoms with Crippen LogP contribution in [0.2, 0.25) is 0 Å². The summed E-state index contributed by atoms with van der Waals surface area (Å²) in [5, 5.41) is 9.54. The quantitative estimate of drug-likeness (QED) is 0.0376. The highest BCUT2D eigenvalue weighted by Crippen LogP contribution is 2.15. The van der Waals surface area contributed by atoms with Crippen molar-refractivity contribution in [2.24, 2.45) is 0 Å². The molecule has 0 radical (unpaired) electrons. The molecule has 60 heavy (non-hydrogen) atoms. The lowest BCUT2D eigenvalue weighted by Gasteiger charge is -2.15. The molecule has 0 saturated carbocycles. The first-order valence-corrected chi connectivity index (χ1v) is 24.8. The van der Waals surface area contributed by atoms with Gasteiger partial charge in [-0.3, -0.25) is 9.59 Å². The maximum Gasteiger partial charge on any atom is 0.306 e. The second kappa shape index (κ2) is 50.2. The molecule has 1 N–H and O–H groups in total. The van der Waals surface area contributed by atoms with Crippen LogP contribution in [-0.4, -0.2) is 36.4 Å². The molecule has 0 aromatic rings. The minimum atomic E-state index is -0.771. The molecular formula is C55H92O5. The fourth-order valence-corrected chi connectivity index (χ4v) is 6.69. The number of ether oxygens (including phenoxy) is 2. The van der Waals surface area contributed by atoms with Gasteiger partial charge in [-0.1, -0.05) is 227 Å². The van der Waals surface area contributed by atoms with Crippen LogP contribution in [0.3, 0.4) is 0 Å². The molecule has 0 bridgehead atoms. The average molecular weight is 833 g/mol. The van der Waals surface area contributed by atoms with Crippen LogP contribution in [0.1, 0.15) is 219 Å². The second-order valence-corrected chi connectivity index (χ2v) is 16.2. The Hall–Kier alpha value is -3.18. The summed E-state index contributed by atoms with van der Waals surface area (Å²) in [6, 6.07) is 0. The number of aliphatic hydroxyl groups is 1. The smallest absolute Gasteiger partial charge is 0.306 e. The molecule has 1 atom stereocenters. The van der Waals surface area contributed by atoms with E-state index in [0.29, 0.717) is 12.8 Å². The molecule has 0 fully saturated rings. The summed E-state index contributed by atoms with van der Waals surface area (Å²) in [5.41, 5.74) is 0. The molecule has 0 aliphatic rings. The molecule has 0 aromatic heterocycles. The zero-order chi connectivity index (χ0) is 43.5. The third-order valence-electron chi connectivity index (χ3n) is 10.4. The maximum absolute atomic E-state index is 12.2. The van der Waals surface area contributed by atoms with Gasteiger partial charge >= 0.3 is 11.9 Å². The Kier molecular flexibility index (Phi) is 47.5. The van der Waals surface area contributed by atoms with Crippen LogP contribution in [-0.2, 0) is 19.1 Å². The Morgan fingerprint density at radius 1 is 0.400 bits per heavy atom. The molecule has 0 aliphatic carbocycles. The van der Waals surface area contributed by atoms with Crippen LogP contribution in [0.25, 0.3) is 0 Å². The number of carbonyl (C=O) groups excluding carboxylic acids is 2. The summed E-state index contributed by atoms with van der Waals surface area (Å²) in [6.07, 6.45) is 71.0. The molecule has 0 heterocycles. The summed E-state index contributed by atoms with van der Waals surface area (Å²) in [6.45, 7) is 3.97. The highest BCUT2D eigenvalue weighted by Gasteiger charge is 2.16. The number of rotatable bonds is 44. The zero-order valence-corrected chi connectivity index (χ0v) is 38.9. The topological polar surface area (TPSA) is 72.8 Å². The number of hydrogen-bond acceptors (Lipinski definition) is 5. The minimum Gasteiger partial charge on any atom is -0.462 e. The molecule has 0 spiro atoms. The molecular weight excluding hydrogens is 741 g/mol. The van der Waals surface area contributed by atoms with Gasteiger partial charge in [0.2, 0.25) is 0 Å². The van der Waals surface area contributed by atoms with Crippen LogP contribution in [0.15, 0.2) is 97.2 Å². The Morgan fingerprint density at radius 3 is 1.08 bits per heavy atom. The summed E-state index contributed by atoms with van der Waals surface area (Å²) in [5.74, 6) is -0.599. The van der Waals surface area contributed by atoms with Crippen molar-refractivity contribution in [2.75, 3.05) is 13.2 Å². The van der Waals surface area contributed by atoms with Gasteiger partial charge in [-0.15, -0.1) is 0 Å². The zero-order valence-electron chi connectivity index (χ0n) is 38.9. The molecule has 0 amide bonds. The lowest BCUT2D eigenvalue weighted by molar-refractivity contribution is -0.161. The van der Waals surface area contributed by atoms with Crippen molar-refractivity contribution in [3.63, 3.8) is 0 Å². The predicted molar refractivity (Wildman–Crippen MR) is 260 cm³/mol. The van der Waals surface area contributed by atoms with Gasteiger partial charge in [0.1, 0.15) is 6.61 Å². The van der Waals surface area contributed by atoms with Crippen molar-refractivity contribution in [3.8, 4) is 0 Å². The highest BCUT2D eigenvalue weighted by atomic mass is 16.6. The summed E-state index contributed by atoms with van der Waals surface area (Å²) in [7, 11) is 0. The first-order valence-electron chi connectivity index (χ1n) is 24.8. The number of unbranched alkanes of at least 4 members (excludes halogenated alkanes) is 20. The molecule has 0 rings (SSSR count). The van der Waals surface area contributed by atoms with Crippen LogP contribution in [0.4, 0.5) is 0 Å². The van der Waals surface area contributed by atoms with Crippen LogP contribution in [0, 0.1) is 0 Å². The molecule has 5 nitrogen and oxygen atoms in total. The van der Waals surface area contributed by atoms with Crippen molar-refractivity contribution in [3.05, 3.63) is 97.2 Å². The average Bonchev–Trinajstić information content (AvgIpc) is 3.25. The molecule has 0 saturated heterocycles. The van der Waals surface area contributed by atoms with E-state index in [0.717, 1.165) is 89.9 Å². The fraction of sp³-hybridized carbons (Fsp3) is 0.673. The number of aliphatic hydroxyl groups excluding tert-OH is 1. The van der Waals surface area contributed by atoms with Crippen molar-refractivity contribution in [1.29, 1.82) is 0 Å². The fourth-order valence-electron chi connectivity index (χ4n) is 6.69. The van der Waals surface area contributed by atoms with Crippen molar-refractivity contribution >= 4 is 11.9 Å². The van der Waals surface area contributed by atoms with E-state index in [1.54, 1.807) is 0 Å². The largest absolute Gasteiger partial charge is 0.462 e. The van der Waals surface area contributed by atoms with E-state index in [-0.39, 0.29) is 25.2 Å². The van der Waals surface area contributed by atoms with E-state index in [9.17, 15) is 14.7 Å². The second-order valence-electron chi connectivity index (χ2n) is 16.2. The van der Waals surface area contributed by atoms with Gasteiger partial charge in [0.15, 0.2) is 6.10 Å². The normalized spacial score (nSPS) is 13.1. The van der Waals surface area contributed by atoms with Gasteiger partial charge in [0.25, 0.3) is 0 Å². The lowest BCUT2D eigenvalue weighted by atomic mass is 10.0. The predicted octanol–water partition coefficient (Wildman–Crippen LogP) is 16.4. The highest BCUT2D eigenvalue weighted by molar-refractivity contribution is 5.70. The van der Waals surface area contributed by atoms with E-state index in [1.165, 1.54) is 103 Å². The SMILES string of the molecule is CC/C=C\C/C=C\C/C=C\C/C=C\C/C=C\C/C=C\C/C=C\C/C=C\CCCCCCCCCCCCCCCCC(=O)OC(CO)COC(=O)CCCCCCCCC. The van der Waals surface area contributed by atoms with Crippen molar-refractivity contribution < 1.29 is 24.2 Å². The summed E-state index contributed by atoms with van der Waals surface area (Å²) >= 11 is 0. The Balaban J connectivity index is 3.50. The van der Waals surface area contributed by atoms with Crippen LogP contribution < -0.4 is 0 Å². The van der Waals surface area contributed by atoms with E-state index in [4.69, 9.17) is 9.47 Å². The lowest BCUT2D eigenvalue weighted by Crippen LogP contribution is -2.28. The van der Waals surface area contributed by atoms with Crippen molar-refractivity contribution in [1.82, 2.24) is 0 Å². The Morgan fingerprint density at radius 2 is 0.717 bits per heavy atom. The van der Waals surface area contributed by atoms with Gasteiger partial charge in [-0.2, -0.15) is 0 Å². The molecule has 0 aliphatic heterocycles. The first kappa shape index (κ1) is 56.8. The van der Waals surface area contributed by atoms with Gasteiger partial charge in [0, 0.05) is 12.8 Å². The Labute approximate surface area is 370 Å². The molecule has 5 heteroatoms. The van der Waals surface area contributed by atoms with E-state index < -0.39 is 6.10 Å². The molecule has 1 unspecified atom stereocenters. The summed E-state index contributed by atoms with van der Waals surface area (Å²) < 4.78 is 10.6. The van der Waals surface area contributed by atoms with Crippen molar-refractivity contribution in [2.45, 2.75) is 225 Å². The van der Waals surface area contributed by atoms with E-state index in [1.807, 2.05) is 0 Å². The third-order valence-corrected chi connectivity index (χ3v) is 10.4. The van der Waals surface area contributed by atoms with Gasteiger partial charge in [-0.05, 0) is 77.0 Å². The summed E-state index contributed by atoms with van der Waals surface area (Å²) in [4.78, 5) is 24.2. The number of hydrogen-bond donors (Lipinski definition) is 1. The maximum atomic E-state index is 12.2. The van der Waals surface area contributed by atoms with Gasteiger partial charge in [0.05, 0.1) is 6.61 Å². The number of carbonyl (C=O) groups is 2. The van der Waals surface area contributed by atoms with Gasteiger partial charge in [-0.25, -0.2) is 0 Å². The molecule has 0 aromatic carbocycles. The van der Waals surface area contributed by atoms with Gasteiger partial charge < -0.3 is 14.6 Å². The third kappa shape index (κ3) is 47.5. The van der Waals surface area contributed by atoms with E-state index in [2.05, 4.69) is 111 Å². The van der Waals surface area contributed by atoms with Crippen LogP contribution in [0.5, 0.6) is 0 Å². The standard InChI is InChI=1S/C55H92O5/c1-3-5-7-9-11-12-13-14-15-16-17-18-19-20-21-22-23-24-25-26-27-28-29-30-31-32-33-34-35-36-37-38-39-40-41-42-44-46-48-50-55(58)60-53(51-56)52-59-54(57)49-47-45-43-10-8-6-4-2/h5,7,11-12,14-15,17-18,20-21,23-24,26-27,29-30,53,56H,3-4,6,8-10,13,16,19,22,25,28,31-52H2,1-2H3/b7-5-,12-11-,15-14-,18-17-,21-20-,24-23-,27-26-,30-29-. The number of allylic oxidation sites excluding steroid dienone is 16. The number of esters is 2. The van der Waals surface area contributed by atoms with E-state index >= 15 is 0 Å². The minimum absolute atomic E-state index is 0.0673. The molecule has 342 valence electrons. The van der Waals surface area contributed by atoms with Crippen LogP contribution >= 0.6 is 0 Å². The first-order chi connectivity index (χ1) is 29.6. The monoisotopic (exact) mass is 833 g/mol. The Bertz CT molecular complexity index is 1170.